The van der Waals surface area contributed by atoms with Crippen LogP contribution in [0, 0.1) is 29.6 Å². The van der Waals surface area contributed by atoms with Gasteiger partial charge in [0.1, 0.15) is 17.9 Å². The van der Waals surface area contributed by atoms with Gasteiger partial charge in [-0.05, 0) is 68.4 Å². The Morgan fingerprint density at radius 2 is 2.06 bits per heavy atom. The smallest absolute Gasteiger partial charge is 0.337 e. The molecule has 3 fully saturated rings. The molecule has 6 atom stereocenters. The maximum absolute atomic E-state index is 12.7. The molecule has 1 saturated heterocycles. The number of benzene rings is 1. The SMILES string of the molecule is C=C1CC[C@@H]2[C@](C)(CO)[C@H](O)CC[C@@]2(C)[C@@H]1C/C=C1/C(=O)OC[C@H]1Oc1cccc2ccc(C)nc12. The van der Waals surface area contributed by atoms with Crippen molar-refractivity contribution in [2.24, 2.45) is 22.7 Å². The Kier molecular flexibility index (Phi) is 6.46. The molecule has 1 aromatic heterocycles. The summed E-state index contributed by atoms with van der Waals surface area (Å²) in [5, 5.41) is 22.0. The van der Waals surface area contributed by atoms with Gasteiger partial charge in [-0.3, -0.25) is 0 Å². The average Bonchev–Trinajstić information content (AvgIpc) is 3.20. The summed E-state index contributed by atoms with van der Waals surface area (Å²) in [5.41, 5.74) is 2.75. The van der Waals surface area contributed by atoms with E-state index < -0.39 is 17.6 Å². The fourth-order valence-electron chi connectivity index (χ4n) is 7.11. The number of nitrogens with zero attached hydrogens (tertiary/aromatic N) is 1. The molecule has 2 aromatic rings. The van der Waals surface area contributed by atoms with E-state index in [0.717, 1.165) is 35.9 Å². The third-order valence-corrected chi connectivity index (χ3v) is 9.31. The lowest BCUT2D eigenvalue weighted by Crippen LogP contribution is -2.57. The number of aliphatic hydroxyl groups excluding tert-OH is 2. The summed E-state index contributed by atoms with van der Waals surface area (Å²) >= 11 is 0. The van der Waals surface area contributed by atoms with Crippen LogP contribution in [0.25, 0.3) is 10.9 Å². The molecule has 1 aromatic carbocycles. The number of carbonyl (C=O) groups excluding carboxylic acids is 1. The molecule has 192 valence electrons. The number of rotatable bonds is 5. The second kappa shape index (κ2) is 9.31. The molecule has 0 unspecified atom stereocenters. The highest BCUT2D eigenvalue weighted by molar-refractivity contribution is 5.92. The maximum atomic E-state index is 12.7. The lowest BCUT2D eigenvalue weighted by atomic mass is 9.46. The van der Waals surface area contributed by atoms with E-state index in [2.05, 4.69) is 18.5 Å². The van der Waals surface area contributed by atoms with E-state index in [1.807, 2.05) is 50.3 Å². The van der Waals surface area contributed by atoms with Crippen LogP contribution in [-0.2, 0) is 9.53 Å². The van der Waals surface area contributed by atoms with E-state index in [-0.39, 0.29) is 36.4 Å². The maximum Gasteiger partial charge on any atom is 0.337 e. The molecule has 2 heterocycles. The summed E-state index contributed by atoms with van der Waals surface area (Å²) in [4.78, 5) is 17.4. The van der Waals surface area contributed by atoms with Gasteiger partial charge in [-0.25, -0.2) is 9.78 Å². The highest BCUT2D eigenvalue weighted by Gasteiger charge is 2.57. The van der Waals surface area contributed by atoms with E-state index in [0.29, 0.717) is 24.2 Å². The van der Waals surface area contributed by atoms with E-state index >= 15 is 0 Å². The number of aromatic nitrogens is 1. The number of aliphatic hydroxyl groups is 2. The molecular weight excluding hydrogens is 454 g/mol. The Bertz CT molecular complexity index is 1220. The van der Waals surface area contributed by atoms with Crippen molar-refractivity contribution >= 4 is 16.9 Å². The largest absolute Gasteiger partial charge is 0.480 e. The molecule has 0 spiro atoms. The van der Waals surface area contributed by atoms with E-state index in [4.69, 9.17) is 9.47 Å². The minimum Gasteiger partial charge on any atom is -0.480 e. The summed E-state index contributed by atoms with van der Waals surface area (Å²) < 4.78 is 11.7. The van der Waals surface area contributed by atoms with Crippen LogP contribution < -0.4 is 4.74 Å². The van der Waals surface area contributed by atoms with Gasteiger partial charge >= 0.3 is 5.97 Å². The zero-order valence-electron chi connectivity index (χ0n) is 21.5. The zero-order chi connectivity index (χ0) is 25.7. The van der Waals surface area contributed by atoms with Gasteiger partial charge in [0.05, 0.1) is 18.3 Å². The molecule has 3 aliphatic rings. The molecular formula is C30H37NO5. The molecule has 2 N–H and O–H groups in total. The quantitative estimate of drug-likeness (QED) is 0.351. The summed E-state index contributed by atoms with van der Waals surface area (Å²) in [5.74, 6) is 0.629. The van der Waals surface area contributed by atoms with Gasteiger partial charge in [0.2, 0.25) is 0 Å². The Morgan fingerprint density at radius 1 is 1.25 bits per heavy atom. The second-order valence-electron chi connectivity index (χ2n) is 11.4. The van der Waals surface area contributed by atoms with Gasteiger partial charge in [0.15, 0.2) is 6.10 Å². The first-order chi connectivity index (χ1) is 17.2. The third kappa shape index (κ3) is 4.04. The lowest BCUT2D eigenvalue weighted by Gasteiger charge is -2.59. The molecule has 5 rings (SSSR count). The van der Waals surface area contributed by atoms with Crippen LogP contribution in [-0.4, -0.2) is 46.6 Å². The molecule has 0 bridgehead atoms. The number of ether oxygens (including phenoxy) is 2. The summed E-state index contributed by atoms with van der Waals surface area (Å²) in [6, 6.07) is 9.79. The van der Waals surface area contributed by atoms with E-state index in [9.17, 15) is 15.0 Å². The van der Waals surface area contributed by atoms with Gasteiger partial charge in [-0.1, -0.05) is 50.3 Å². The Balaban J connectivity index is 1.41. The molecule has 0 radical (unpaired) electrons. The Labute approximate surface area is 213 Å². The van der Waals surface area contributed by atoms with Crippen molar-refractivity contribution in [2.45, 2.75) is 65.1 Å². The number of aryl methyl sites for hydroxylation is 1. The Hall–Kier alpha value is -2.70. The first-order valence-corrected chi connectivity index (χ1v) is 13.0. The van der Waals surface area contributed by atoms with Gasteiger partial charge in [-0.2, -0.15) is 0 Å². The minimum atomic E-state index is -0.531. The van der Waals surface area contributed by atoms with Crippen LogP contribution in [0.2, 0.25) is 0 Å². The Morgan fingerprint density at radius 3 is 2.83 bits per heavy atom. The highest BCUT2D eigenvalue weighted by Crippen LogP contribution is 2.61. The standard InChI is InChI=1S/C30H37NO5/c1-18-8-13-25-29(3,15-14-26(33)30(25,4)17-32)22(18)12-11-21-24(16-35-28(21)34)36-23-7-5-6-20-10-9-19(2)31-27(20)23/h5-7,9-11,22,24-26,32-33H,1,8,12-17H2,2-4H3/b21-11+/t22-,24-,25+,26-,29+,30+/m1/s1. The van der Waals surface area contributed by atoms with Gasteiger partial charge < -0.3 is 19.7 Å². The summed E-state index contributed by atoms with van der Waals surface area (Å²) in [6.45, 7) is 10.8. The number of cyclic esters (lactones) is 1. The first-order valence-electron chi connectivity index (χ1n) is 13.0. The fourth-order valence-corrected chi connectivity index (χ4v) is 7.11. The zero-order valence-corrected chi connectivity index (χ0v) is 21.5. The van der Waals surface area contributed by atoms with Crippen molar-refractivity contribution in [1.29, 1.82) is 0 Å². The summed E-state index contributed by atoms with van der Waals surface area (Å²) in [7, 11) is 0. The number of hydrogen-bond acceptors (Lipinski definition) is 6. The van der Waals surface area contributed by atoms with Crippen LogP contribution in [0.4, 0.5) is 0 Å². The predicted molar refractivity (Wildman–Crippen MR) is 138 cm³/mol. The van der Waals surface area contributed by atoms with Crippen molar-refractivity contribution < 1.29 is 24.5 Å². The second-order valence-corrected chi connectivity index (χ2v) is 11.4. The molecule has 36 heavy (non-hydrogen) atoms. The van der Waals surface area contributed by atoms with Crippen molar-refractivity contribution in [1.82, 2.24) is 4.98 Å². The first kappa shape index (κ1) is 25.0. The van der Waals surface area contributed by atoms with E-state index in [1.54, 1.807) is 0 Å². The van der Waals surface area contributed by atoms with Gasteiger partial charge in [-0.15, -0.1) is 0 Å². The van der Waals surface area contributed by atoms with Crippen LogP contribution >= 0.6 is 0 Å². The van der Waals surface area contributed by atoms with Crippen LogP contribution in [0.1, 0.15) is 51.6 Å². The van der Waals surface area contributed by atoms with Crippen molar-refractivity contribution in [2.75, 3.05) is 13.2 Å². The molecule has 1 aliphatic heterocycles. The number of pyridine rings is 1. The third-order valence-electron chi connectivity index (χ3n) is 9.31. The van der Waals surface area contributed by atoms with Crippen LogP contribution in [0.15, 0.2) is 54.1 Å². The minimum absolute atomic E-state index is 0.0323. The number of para-hydroxylation sites is 1. The topological polar surface area (TPSA) is 88.9 Å². The molecule has 2 saturated carbocycles. The van der Waals surface area contributed by atoms with E-state index in [1.165, 1.54) is 5.57 Å². The monoisotopic (exact) mass is 491 g/mol. The predicted octanol–water partition coefficient (Wildman–Crippen LogP) is 4.91. The fraction of sp³-hybridized carbons (Fsp3) is 0.533. The lowest BCUT2D eigenvalue weighted by molar-refractivity contribution is -0.151. The normalized spacial score (nSPS) is 35.6. The molecule has 6 heteroatoms. The van der Waals surface area contributed by atoms with Crippen molar-refractivity contribution in [3.05, 3.63) is 59.8 Å². The van der Waals surface area contributed by atoms with Crippen molar-refractivity contribution in [3.63, 3.8) is 0 Å². The number of fused-ring (bicyclic) bond motifs is 2. The van der Waals surface area contributed by atoms with Crippen LogP contribution in [0.5, 0.6) is 5.75 Å². The molecule has 2 aliphatic carbocycles. The van der Waals surface area contributed by atoms with Gasteiger partial charge in [0, 0.05) is 16.5 Å². The average molecular weight is 492 g/mol. The van der Waals surface area contributed by atoms with Crippen LogP contribution in [0.3, 0.4) is 0 Å². The number of hydrogen-bond donors (Lipinski definition) is 2. The number of allylic oxidation sites excluding steroid dienone is 2. The number of esters is 1. The summed E-state index contributed by atoms with van der Waals surface area (Å²) in [6.07, 6.45) is 4.93. The highest BCUT2D eigenvalue weighted by atomic mass is 16.6. The van der Waals surface area contributed by atoms with Gasteiger partial charge in [0.25, 0.3) is 0 Å². The van der Waals surface area contributed by atoms with Crippen molar-refractivity contribution in [3.8, 4) is 5.75 Å². The molecule has 0 amide bonds. The molecule has 6 nitrogen and oxygen atoms in total. The number of carbonyl (C=O) groups is 1.